The van der Waals surface area contributed by atoms with E-state index in [-0.39, 0.29) is 5.97 Å². The van der Waals surface area contributed by atoms with Crippen LogP contribution in [0, 0.1) is 6.92 Å². The Kier molecular flexibility index (Phi) is 4.26. The third kappa shape index (κ3) is 3.66. The SMILES string of the molecule is COC(=O)/C=C\Sc1ccc(C)cc1. The standard InChI is InChI=1S/C11H12O2S/c1-9-3-5-10(6-4-9)14-8-7-11(12)13-2/h3-8H,1-2H3/b8-7-. The predicted molar refractivity (Wildman–Crippen MR) is 58.2 cm³/mol. The summed E-state index contributed by atoms with van der Waals surface area (Å²) in [6.45, 7) is 2.04. The Balaban J connectivity index is 2.49. The van der Waals surface area contributed by atoms with Crippen LogP contribution in [0.4, 0.5) is 0 Å². The van der Waals surface area contributed by atoms with E-state index in [0.29, 0.717) is 0 Å². The van der Waals surface area contributed by atoms with Crippen LogP contribution in [0.3, 0.4) is 0 Å². The Bertz CT molecular complexity index is 328. The lowest BCUT2D eigenvalue weighted by Crippen LogP contribution is -1.92. The van der Waals surface area contributed by atoms with Gasteiger partial charge in [-0.3, -0.25) is 0 Å². The number of carbonyl (C=O) groups excluding carboxylic acids is 1. The zero-order valence-corrected chi connectivity index (χ0v) is 9.01. The van der Waals surface area contributed by atoms with E-state index in [1.54, 1.807) is 5.41 Å². The number of benzene rings is 1. The summed E-state index contributed by atoms with van der Waals surface area (Å²) in [5.74, 6) is -0.329. The number of ether oxygens (including phenoxy) is 1. The molecule has 0 amide bonds. The number of aryl methyl sites for hydroxylation is 1. The fourth-order valence-electron chi connectivity index (χ4n) is 0.853. The molecule has 1 aromatic rings. The quantitative estimate of drug-likeness (QED) is 0.434. The molecule has 0 saturated heterocycles. The van der Waals surface area contributed by atoms with Crippen molar-refractivity contribution in [2.24, 2.45) is 0 Å². The lowest BCUT2D eigenvalue weighted by molar-refractivity contribution is -0.134. The van der Waals surface area contributed by atoms with Gasteiger partial charge in [0, 0.05) is 11.0 Å². The van der Waals surface area contributed by atoms with Gasteiger partial charge in [0.05, 0.1) is 7.11 Å². The maximum atomic E-state index is 10.7. The van der Waals surface area contributed by atoms with Crippen molar-refractivity contribution in [1.82, 2.24) is 0 Å². The van der Waals surface area contributed by atoms with Gasteiger partial charge in [0.2, 0.25) is 0 Å². The maximum absolute atomic E-state index is 10.7. The second kappa shape index (κ2) is 5.50. The van der Waals surface area contributed by atoms with E-state index in [4.69, 9.17) is 0 Å². The highest BCUT2D eigenvalue weighted by Gasteiger charge is 1.92. The molecule has 0 fully saturated rings. The molecule has 0 aromatic heterocycles. The molecular weight excluding hydrogens is 196 g/mol. The van der Waals surface area contributed by atoms with Crippen molar-refractivity contribution >= 4 is 17.7 Å². The molecule has 0 heterocycles. The van der Waals surface area contributed by atoms with Crippen LogP contribution >= 0.6 is 11.8 Å². The number of hydrogen-bond donors (Lipinski definition) is 0. The molecule has 0 aliphatic rings. The lowest BCUT2D eigenvalue weighted by Gasteiger charge is -1.96. The molecule has 0 saturated carbocycles. The summed E-state index contributed by atoms with van der Waals surface area (Å²) in [5.41, 5.74) is 1.23. The Hall–Kier alpha value is -1.22. The van der Waals surface area contributed by atoms with Gasteiger partial charge in [-0.15, -0.1) is 0 Å². The molecule has 74 valence electrons. The van der Waals surface area contributed by atoms with Gasteiger partial charge in [-0.2, -0.15) is 0 Å². The van der Waals surface area contributed by atoms with Gasteiger partial charge < -0.3 is 4.74 Å². The first-order valence-corrected chi connectivity index (χ1v) is 5.08. The van der Waals surface area contributed by atoms with E-state index in [2.05, 4.69) is 4.74 Å². The van der Waals surface area contributed by atoms with E-state index in [0.717, 1.165) is 4.90 Å². The van der Waals surface area contributed by atoms with Gasteiger partial charge >= 0.3 is 5.97 Å². The van der Waals surface area contributed by atoms with Gasteiger partial charge in [-0.05, 0) is 24.5 Å². The highest BCUT2D eigenvalue weighted by molar-refractivity contribution is 8.02. The van der Waals surface area contributed by atoms with Crippen LogP contribution in [0.15, 0.2) is 40.6 Å². The highest BCUT2D eigenvalue weighted by Crippen LogP contribution is 2.19. The highest BCUT2D eigenvalue weighted by atomic mass is 32.2. The first-order valence-electron chi connectivity index (χ1n) is 4.20. The summed E-state index contributed by atoms with van der Waals surface area (Å²) < 4.78 is 4.47. The summed E-state index contributed by atoms with van der Waals surface area (Å²) in [5, 5.41) is 1.72. The van der Waals surface area contributed by atoms with Crippen molar-refractivity contribution in [2.45, 2.75) is 11.8 Å². The lowest BCUT2D eigenvalue weighted by atomic mass is 10.2. The molecule has 1 aromatic carbocycles. The summed E-state index contributed by atoms with van der Waals surface area (Å²) in [7, 11) is 1.36. The molecule has 0 N–H and O–H groups in total. The summed E-state index contributed by atoms with van der Waals surface area (Å²) in [6, 6.07) is 8.10. The van der Waals surface area contributed by atoms with E-state index in [1.807, 2.05) is 31.2 Å². The number of rotatable bonds is 3. The molecule has 3 heteroatoms. The number of thioether (sulfide) groups is 1. The minimum atomic E-state index is -0.329. The van der Waals surface area contributed by atoms with Crippen molar-refractivity contribution in [2.75, 3.05) is 7.11 Å². The molecule has 1 rings (SSSR count). The fourth-order valence-corrected chi connectivity index (χ4v) is 1.48. The molecule has 0 bridgehead atoms. The first-order chi connectivity index (χ1) is 6.72. The van der Waals surface area contributed by atoms with Crippen LogP contribution in [0.5, 0.6) is 0 Å². The average Bonchev–Trinajstić information content (AvgIpc) is 2.21. The molecule has 0 aliphatic heterocycles. The number of hydrogen-bond acceptors (Lipinski definition) is 3. The smallest absolute Gasteiger partial charge is 0.330 e. The zero-order chi connectivity index (χ0) is 10.4. The van der Waals surface area contributed by atoms with E-state index in [1.165, 1.54) is 30.5 Å². The average molecular weight is 208 g/mol. The molecular formula is C11H12O2S. The zero-order valence-electron chi connectivity index (χ0n) is 8.19. The summed E-state index contributed by atoms with van der Waals surface area (Å²) in [6.07, 6.45) is 1.41. The molecule has 2 nitrogen and oxygen atoms in total. The van der Waals surface area contributed by atoms with Crippen molar-refractivity contribution in [1.29, 1.82) is 0 Å². The Morgan fingerprint density at radius 3 is 2.57 bits per heavy atom. The molecule has 14 heavy (non-hydrogen) atoms. The Morgan fingerprint density at radius 2 is 2.00 bits per heavy atom. The largest absolute Gasteiger partial charge is 0.466 e. The van der Waals surface area contributed by atoms with Crippen molar-refractivity contribution in [3.8, 4) is 0 Å². The third-order valence-electron chi connectivity index (χ3n) is 1.63. The van der Waals surface area contributed by atoms with Crippen LogP contribution in [0.1, 0.15) is 5.56 Å². The number of esters is 1. The number of methoxy groups -OCH3 is 1. The van der Waals surface area contributed by atoms with Gasteiger partial charge in [0.1, 0.15) is 0 Å². The normalized spacial score (nSPS) is 10.4. The molecule has 0 atom stereocenters. The van der Waals surface area contributed by atoms with E-state index >= 15 is 0 Å². The van der Waals surface area contributed by atoms with Crippen LogP contribution in [-0.2, 0) is 9.53 Å². The third-order valence-corrected chi connectivity index (χ3v) is 2.45. The van der Waals surface area contributed by atoms with Crippen LogP contribution in [0.25, 0.3) is 0 Å². The molecule has 0 spiro atoms. The minimum Gasteiger partial charge on any atom is -0.466 e. The van der Waals surface area contributed by atoms with Gasteiger partial charge in [0.25, 0.3) is 0 Å². The van der Waals surface area contributed by atoms with Crippen molar-refractivity contribution in [3.05, 3.63) is 41.3 Å². The fraction of sp³-hybridized carbons (Fsp3) is 0.182. The van der Waals surface area contributed by atoms with E-state index < -0.39 is 0 Å². The Morgan fingerprint density at radius 1 is 1.36 bits per heavy atom. The summed E-state index contributed by atoms with van der Waals surface area (Å²) >= 11 is 1.49. The molecule has 0 unspecified atom stereocenters. The number of carbonyl (C=O) groups is 1. The van der Waals surface area contributed by atoms with Crippen LogP contribution in [-0.4, -0.2) is 13.1 Å². The van der Waals surface area contributed by atoms with Crippen LogP contribution in [0.2, 0.25) is 0 Å². The molecule has 0 radical (unpaired) electrons. The molecule has 0 aliphatic carbocycles. The van der Waals surface area contributed by atoms with Crippen molar-refractivity contribution in [3.63, 3.8) is 0 Å². The van der Waals surface area contributed by atoms with Crippen LogP contribution < -0.4 is 0 Å². The van der Waals surface area contributed by atoms with Gasteiger partial charge in [-0.25, -0.2) is 4.79 Å². The topological polar surface area (TPSA) is 26.3 Å². The van der Waals surface area contributed by atoms with Gasteiger partial charge in [-0.1, -0.05) is 29.5 Å². The Labute approximate surface area is 88.0 Å². The van der Waals surface area contributed by atoms with E-state index in [9.17, 15) is 4.79 Å². The van der Waals surface area contributed by atoms with Crippen molar-refractivity contribution < 1.29 is 9.53 Å². The minimum absolute atomic E-state index is 0.329. The second-order valence-corrected chi connectivity index (χ2v) is 3.74. The monoisotopic (exact) mass is 208 g/mol. The maximum Gasteiger partial charge on any atom is 0.330 e. The first kappa shape index (κ1) is 10.9. The summed E-state index contributed by atoms with van der Waals surface area (Å²) in [4.78, 5) is 11.8. The predicted octanol–water partition coefficient (Wildman–Crippen LogP) is 2.77. The van der Waals surface area contributed by atoms with Gasteiger partial charge in [0.15, 0.2) is 0 Å². The second-order valence-electron chi connectivity index (χ2n) is 2.76.